The van der Waals surface area contributed by atoms with Crippen LogP contribution in [0.3, 0.4) is 0 Å². The third kappa shape index (κ3) is 8.63. The highest BCUT2D eigenvalue weighted by molar-refractivity contribution is 6.12. The van der Waals surface area contributed by atoms with Crippen molar-refractivity contribution in [3.05, 3.63) is 163 Å². The lowest BCUT2D eigenvalue weighted by Gasteiger charge is -2.26. The molecule has 5 aromatic carbocycles. The molecule has 0 spiro atoms. The fourth-order valence-corrected chi connectivity index (χ4v) is 6.86. The van der Waals surface area contributed by atoms with Crippen molar-refractivity contribution in [2.75, 3.05) is 10.2 Å². The predicted molar refractivity (Wildman–Crippen MR) is 210 cm³/mol. The maximum Gasteiger partial charge on any atom is 0.258 e. The summed E-state index contributed by atoms with van der Waals surface area (Å²) in [6.45, 7) is 4.45. The highest BCUT2D eigenvalue weighted by Gasteiger charge is 2.31. The molecule has 0 aliphatic carbocycles. The number of para-hydroxylation sites is 3. The molecule has 1 heterocycles. The molecule has 1 aromatic heterocycles. The van der Waals surface area contributed by atoms with E-state index in [2.05, 4.69) is 9.88 Å². The van der Waals surface area contributed by atoms with Crippen LogP contribution in [0.4, 0.5) is 21.5 Å². The molecule has 2 atom stereocenters. The van der Waals surface area contributed by atoms with Gasteiger partial charge in [0.2, 0.25) is 5.91 Å². The van der Waals surface area contributed by atoms with E-state index in [9.17, 15) is 24.2 Å². The van der Waals surface area contributed by atoms with E-state index >= 15 is 0 Å². The number of aliphatic hydroxyl groups is 2. The summed E-state index contributed by atoms with van der Waals surface area (Å²) in [5.41, 5.74) is 6.34. The van der Waals surface area contributed by atoms with E-state index in [0.29, 0.717) is 35.6 Å². The maximum absolute atomic E-state index is 14.3. The molecule has 3 N–H and O–H groups in total. The Balaban J connectivity index is 1.31. The van der Waals surface area contributed by atoms with Crippen LogP contribution in [-0.4, -0.2) is 38.8 Å². The number of carbonyl (C=O) groups is 2. The normalized spacial score (nSPS) is 12.3. The molecule has 0 bridgehead atoms. The molecule has 53 heavy (non-hydrogen) atoms. The van der Waals surface area contributed by atoms with Crippen LogP contribution in [0.25, 0.3) is 22.4 Å². The minimum Gasteiger partial charge on any atom is -0.390 e. The minimum atomic E-state index is -1.31. The topological polar surface area (TPSA) is 94.8 Å². The summed E-state index contributed by atoms with van der Waals surface area (Å²) >= 11 is 0. The van der Waals surface area contributed by atoms with Gasteiger partial charge in [-0.25, -0.2) is 4.39 Å². The Labute approximate surface area is 310 Å². The molecule has 2 unspecified atom stereocenters. The molecule has 0 saturated carbocycles. The van der Waals surface area contributed by atoms with Crippen molar-refractivity contribution in [3.63, 3.8) is 0 Å². The van der Waals surface area contributed by atoms with Crippen LogP contribution in [0.2, 0.25) is 0 Å². The van der Waals surface area contributed by atoms with Crippen LogP contribution in [0.1, 0.15) is 55.1 Å². The molecular formula is C45H44FN3O4. The van der Waals surface area contributed by atoms with E-state index in [-0.39, 0.29) is 36.4 Å². The van der Waals surface area contributed by atoms with Crippen LogP contribution in [0, 0.1) is 5.82 Å². The van der Waals surface area contributed by atoms with Gasteiger partial charge in [-0.2, -0.15) is 0 Å². The Morgan fingerprint density at radius 1 is 0.698 bits per heavy atom. The average molecular weight is 710 g/mol. The molecular weight excluding hydrogens is 666 g/mol. The lowest BCUT2D eigenvalue weighted by Crippen LogP contribution is -2.35. The quantitative estimate of drug-likeness (QED) is 0.105. The number of anilines is 3. The van der Waals surface area contributed by atoms with Gasteiger partial charge in [0.1, 0.15) is 5.82 Å². The van der Waals surface area contributed by atoms with Gasteiger partial charge in [-0.05, 0) is 90.6 Å². The van der Waals surface area contributed by atoms with Gasteiger partial charge in [-0.15, -0.1) is 0 Å². The van der Waals surface area contributed by atoms with Gasteiger partial charge in [-0.1, -0.05) is 98.8 Å². The second-order valence-electron chi connectivity index (χ2n) is 13.4. The molecule has 2 amide bonds. The maximum atomic E-state index is 14.3. The predicted octanol–water partition coefficient (Wildman–Crippen LogP) is 9.59. The second-order valence-corrected chi connectivity index (χ2v) is 13.4. The van der Waals surface area contributed by atoms with E-state index in [1.54, 1.807) is 17.0 Å². The van der Waals surface area contributed by atoms with Gasteiger partial charge < -0.3 is 20.1 Å². The summed E-state index contributed by atoms with van der Waals surface area (Å²) in [7, 11) is 0. The molecule has 7 nitrogen and oxygen atoms in total. The Morgan fingerprint density at radius 2 is 1.23 bits per heavy atom. The highest BCUT2D eigenvalue weighted by Crippen LogP contribution is 2.43. The molecule has 0 radical (unpaired) electrons. The van der Waals surface area contributed by atoms with E-state index < -0.39 is 12.2 Å². The summed E-state index contributed by atoms with van der Waals surface area (Å²) in [6.07, 6.45) is -2.17. The molecule has 0 saturated heterocycles. The second kappa shape index (κ2) is 17.1. The first kappa shape index (κ1) is 36.9. The molecule has 6 rings (SSSR count). The lowest BCUT2D eigenvalue weighted by atomic mass is 9.94. The van der Waals surface area contributed by atoms with Crippen molar-refractivity contribution in [1.29, 1.82) is 0 Å². The largest absolute Gasteiger partial charge is 0.390 e. The van der Waals surface area contributed by atoms with Gasteiger partial charge in [0, 0.05) is 34.9 Å². The number of nitrogens with zero attached hydrogens (tertiary/aromatic N) is 2. The number of benzene rings is 5. The zero-order valence-electron chi connectivity index (χ0n) is 29.9. The Morgan fingerprint density at radius 3 is 1.77 bits per heavy atom. The summed E-state index contributed by atoms with van der Waals surface area (Å²) in [5, 5.41) is 25.4. The van der Waals surface area contributed by atoms with Crippen LogP contribution in [-0.2, 0) is 11.3 Å². The number of aliphatic hydroxyl groups excluding tert-OH is 2. The van der Waals surface area contributed by atoms with E-state index in [1.807, 2.05) is 135 Å². The van der Waals surface area contributed by atoms with Crippen LogP contribution in [0.5, 0.6) is 0 Å². The summed E-state index contributed by atoms with van der Waals surface area (Å²) in [5.74, 6) is -1.08. The van der Waals surface area contributed by atoms with Crippen LogP contribution in [0.15, 0.2) is 146 Å². The van der Waals surface area contributed by atoms with Crippen molar-refractivity contribution < 1.29 is 24.2 Å². The van der Waals surface area contributed by atoms with Gasteiger partial charge in [-0.3, -0.25) is 14.5 Å². The van der Waals surface area contributed by atoms with E-state index in [1.165, 1.54) is 12.1 Å². The highest BCUT2D eigenvalue weighted by atomic mass is 19.1. The number of nitrogens with one attached hydrogen (secondary N) is 1. The van der Waals surface area contributed by atoms with E-state index in [0.717, 1.165) is 28.1 Å². The van der Waals surface area contributed by atoms with Crippen molar-refractivity contribution in [3.8, 4) is 22.4 Å². The summed E-state index contributed by atoms with van der Waals surface area (Å²) < 4.78 is 16.4. The average Bonchev–Trinajstić information content (AvgIpc) is 3.52. The van der Waals surface area contributed by atoms with Gasteiger partial charge >= 0.3 is 0 Å². The standard InChI is InChI=1S/C45H44FN3O4/c1-31(2)43-42(45(53)47-35-18-9-4-10-19-35)41(32-16-7-3-8-17-32)44(33-25-27-34(46)28-26-33)48(43)29-15-24-38(50)39(51)30-40(52)49(36-20-11-5-12-21-36)37-22-13-6-14-23-37/h3-14,16-23,25-28,31,38-39,50-51H,15,24,29-30H2,1-2H3,(H,47,53). The Bertz CT molecular complexity index is 2060. The number of hydrogen-bond donors (Lipinski definition) is 3. The lowest BCUT2D eigenvalue weighted by molar-refractivity contribution is -0.121. The number of hydrogen-bond acceptors (Lipinski definition) is 4. The molecule has 0 fully saturated rings. The monoisotopic (exact) mass is 709 g/mol. The number of amides is 2. The third-order valence-electron chi connectivity index (χ3n) is 9.28. The van der Waals surface area contributed by atoms with E-state index in [4.69, 9.17) is 0 Å². The SMILES string of the molecule is CC(C)c1c(C(=O)Nc2ccccc2)c(-c2ccccc2)c(-c2ccc(F)cc2)n1CCCC(O)C(O)CC(=O)N(c1ccccc1)c1ccccc1. The third-order valence-corrected chi connectivity index (χ3v) is 9.28. The molecule has 8 heteroatoms. The number of carbonyl (C=O) groups excluding carboxylic acids is 2. The molecule has 270 valence electrons. The fourth-order valence-electron chi connectivity index (χ4n) is 6.86. The van der Waals surface area contributed by atoms with Crippen molar-refractivity contribution in [2.45, 2.75) is 57.8 Å². The van der Waals surface area contributed by atoms with Crippen molar-refractivity contribution in [2.24, 2.45) is 0 Å². The first-order valence-corrected chi connectivity index (χ1v) is 18.0. The zero-order chi connectivity index (χ0) is 37.3. The van der Waals surface area contributed by atoms with Crippen molar-refractivity contribution in [1.82, 2.24) is 4.57 Å². The summed E-state index contributed by atoms with van der Waals surface area (Å²) in [4.78, 5) is 29.5. The fraction of sp³-hybridized carbons (Fsp3) is 0.200. The first-order chi connectivity index (χ1) is 25.7. The number of halogens is 1. The summed E-state index contributed by atoms with van der Waals surface area (Å²) in [6, 6.07) is 43.6. The molecule has 0 aliphatic rings. The van der Waals surface area contributed by atoms with Gasteiger partial charge in [0.25, 0.3) is 5.91 Å². The van der Waals surface area contributed by atoms with Gasteiger partial charge in [0.05, 0.1) is 29.9 Å². The number of aromatic nitrogens is 1. The Kier molecular flexibility index (Phi) is 11.9. The minimum absolute atomic E-state index is 0.0988. The molecule has 0 aliphatic heterocycles. The van der Waals surface area contributed by atoms with Crippen LogP contribution >= 0.6 is 0 Å². The zero-order valence-corrected chi connectivity index (χ0v) is 29.9. The number of rotatable bonds is 14. The van der Waals surface area contributed by atoms with Crippen molar-refractivity contribution >= 4 is 28.9 Å². The first-order valence-electron chi connectivity index (χ1n) is 18.0. The molecule has 6 aromatic rings. The van der Waals surface area contributed by atoms with Crippen LogP contribution < -0.4 is 10.2 Å². The smallest absolute Gasteiger partial charge is 0.258 e. The van der Waals surface area contributed by atoms with Gasteiger partial charge in [0.15, 0.2) is 0 Å². The Hall–Kier alpha value is -5.83.